The number of ketones is 2. The zero-order valence-electron chi connectivity index (χ0n) is 11.9. The highest BCUT2D eigenvalue weighted by atomic mass is 16.6. The van der Waals surface area contributed by atoms with E-state index >= 15 is 0 Å². The Balaban J connectivity index is 2.25. The van der Waals surface area contributed by atoms with Crippen LogP contribution in [-0.4, -0.2) is 30.2 Å². The van der Waals surface area contributed by atoms with Gasteiger partial charge in [0.2, 0.25) is 17.7 Å². The maximum Gasteiger partial charge on any atom is 0.309 e. The second kappa shape index (κ2) is 5.91. The number of ether oxygens (including phenoxy) is 2. The van der Waals surface area contributed by atoms with Crippen molar-refractivity contribution in [3.63, 3.8) is 0 Å². The molecule has 0 amide bonds. The first-order valence-electron chi connectivity index (χ1n) is 6.62. The lowest BCUT2D eigenvalue weighted by atomic mass is 10.1. The van der Waals surface area contributed by atoms with Crippen LogP contribution in [0.5, 0.6) is 5.75 Å². The number of hydrogen-bond acceptors (Lipinski definition) is 5. The van der Waals surface area contributed by atoms with Crippen molar-refractivity contribution in [3.8, 4) is 5.75 Å². The van der Waals surface area contributed by atoms with Crippen molar-refractivity contribution >= 4 is 17.5 Å². The summed E-state index contributed by atoms with van der Waals surface area (Å²) in [6.07, 6.45) is 0.206. The summed E-state index contributed by atoms with van der Waals surface area (Å²) in [4.78, 5) is 35.9. The van der Waals surface area contributed by atoms with Gasteiger partial charge < -0.3 is 9.47 Å². The number of carbonyl (C=O) groups is 3. The van der Waals surface area contributed by atoms with Crippen LogP contribution in [0.2, 0.25) is 0 Å². The summed E-state index contributed by atoms with van der Waals surface area (Å²) in [6, 6.07) is 4.60. The number of Topliss-reactive ketones (excluding diaryl/α,β-unsaturated/α-hetero) is 2. The number of esters is 1. The Morgan fingerprint density at radius 3 is 2.57 bits per heavy atom. The summed E-state index contributed by atoms with van der Waals surface area (Å²) >= 11 is 0. The predicted octanol–water partition coefficient (Wildman–Crippen LogP) is 2.20. The van der Waals surface area contributed by atoms with E-state index in [-0.39, 0.29) is 11.1 Å². The van der Waals surface area contributed by atoms with Gasteiger partial charge in [0, 0.05) is 11.1 Å². The molecule has 0 aliphatic heterocycles. The molecule has 1 aliphatic rings. The van der Waals surface area contributed by atoms with Crippen LogP contribution in [0.15, 0.2) is 30.9 Å². The minimum atomic E-state index is -1.37. The third-order valence-electron chi connectivity index (χ3n) is 3.07. The van der Waals surface area contributed by atoms with E-state index in [1.807, 2.05) is 0 Å². The molecule has 0 radical (unpaired) electrons. The summed E-state index contributed by atoms with van der Waals surface area (Å²) in [5.41, 5.74) is 0.482. The predicted molar refractivity (Wildman–Crippen MR) is 75.5 cm³/mol. The van der Waals surface area contributed by atoms with Crippen molar-refractivity contribution in [2.45, 2.75) is 20.0 Å². The first-order chi connectivity index (χ1) is 9.95. The number of hydrogen-bond donors (Lipinski definition) is 0. The lowest BCUT2D eigenvalue weighted by molar-refractivity contribution is -0.148. The number of benzene rings is 1. The van der Waals surface area contributed by atoms with Crippen LogP contribution in [-0.2, 0) is 9.53 Å². The lowest BCUT2D eigenvalue weighted by Gasteiger charge is -2.10. The summed E-state index contributed by atoms with van der Waals surface area (Å²) < 4.78 is 10.3. The molecule has 1 unspecified atom stereocenters. The molecule has 110 valence electrons. The molecule has 0 aromatic heterocycles. The molecule has 1 atom stereocenters. The fourth-order valence-electron chi connectivity index (χ4n) is 1.95. The molecule has 0 heterocycles. The number of rotatable bonds is 5. The molecule has 1 aliphatic carbocycles. The van der Waals surface area contributed by atoms with Crippen LogP contribution in [0.1, 0.15) is 34.6 Å². The van der Waals surface area contributed by atoms with Gasteiger partial charge in [0.15, 0.2) is 0 Å². The average molecular weight is 288 g/mol. The van der Waals surface area contributed by atoms with Crippen LogP contribution in [0.25, 0.3) is 0 Å². The summed E-state index contributed by atoms with van der Waals surface area (Å²) in [5.74, 6) is -1.50. The Morgan fingerprint density at radius 1 is 1.29 bits per heavy atom. The number of fused-ring (bicyclic) bond motifs is 1. The maximum atomic E-state index is 12.2. The standard InChI is InChI=1S/C16H16O5/c1-4-7-20-10-5-6-11-12(8-10)14(18)15(13(11)17)21-16(19)9(2)3/h4-6,8-9,15H,1,7H2,2-3H3. The van der Waals surface area contributed by atoms with Crippen LogP contribution < -0.4 is 4.74 Å². The van der Waals surface area contributed by atoms with Gasteiger partial charge in [0.05, 0.1) is 5.92 Å². The second-order valence-electron chi connectivity index (χ2n) is 5.01. The molecule has 0 saturated heterocycles. The van der Waals surface area contributed by atoms with E-state index in [1.54, 1.807) is 26.0 Å². The van der Waals surface area contributed by atoms with E-state index in [0.717, 1.165) is 0 Å². The van der Waals surface area contributed by atoms with Crippen LogP contribution in [0, 0.1) is 5.92 Å². The van der Waals surface area contributed by atoms with Crippen LogP contribution >= 0.6 is 0 Å². The van der Waals surface area contributed by atoms with Gasteiger partial charge in [-0.1, -0.05) is 26.5 Å². The largest absolute Gasteiger partial charge is 0.490 e. The quantitative estimate of drug-likeness (QED) is 0.472. The fraction of sp³-hybridized carbons (Fsp3) is 0.312. The van der Waals surface area contributed by atoms with Gasteiger partial charge >= 0.3 is 5.97 Å². The topological polar surface area (TPSA) is 69.7 Å². The molecule has 0 fully saturated rings. The van der Waals surface area contributed by atoms with E-state index in [1.165, 1.54) is 12.1 Å². The third-order valence-corrected chi connectivity index (χ3v) is 3.07. The summed E-state index contributed by atoms with van der Waals surface area (Å²) in [6.45, 7) is 7.11. The van der Waals surface area contributed by atoms with E-state index in [9.17, 15) is 14.4 Å². The molecule has 0 bridgehead atoms. The van der Waals surface area contributed by atoms with E-state index < -0.39 is 29.6 Å². The molecule has 5 heteroatoms. The van der Waals surface area contributed by atoms with E-state index in [2.05, 4.69) is 6.58 Å². The Kier molecular flexibility index (Phi) is 4.21. The van der Waals surface area contributed by atoms with Crippen molar-refractivity contribution in [2.75, 3.05) is 6.61 Å². The molecule has 0 saturated carbocycles. The van der Waals surface area contributed by atoms with Crippen LogP contribution in [0.3, 0.4) is 0 Å². The van der Waals surface area contributed by atoms with Gasteiger partial charge in [-0.2, -0.15) is 0 Å². The maximum absolute atomic E-state index is 12.2. The highest BCUT2D eigenvalue weighted by Crippen LogP contribution is 2.28. The van der Waals surface area contributed by atoms with Gasteiger partial charge in [-0.15, -0.1) is 0 Å². The Labute approximate surface area is 122 Å². The minimum Gasteiger partial charge on any atom is -0.490 e. The first kappa shape index (κ1) is 15.0. The summed E-state index contributed by atoms with van der Waals surface area (Å²) in [7, 11) is 0. The molecule has 21 heavy (non-hydrogen) atoms. The third kappa shape index (κ3) is 2.86. The van der Waals surface area contributed by atoms with Crippen molar-refractivity contribution in [3.05, 3.63) is 42.0 Å². The smallest absolute Gasteiger partial charge is 0.309 e. The average Bonchev–Trinajstić information content (AvgIpc) is 2.69. The van der Waals surface area contributed by atoms with Crippen molar-refractivity contribution in [2.24, 2.45) is 5.92 Å². The highest BCUT2D eigenvalue weighted by molar-refractivity contribution is 6.29. The van der Waals surface area contributed by atoms with Crippen molar-refractivity contribution in [1.82, 2.24) is 0 Å². The monoisotopic (exact) mass is 288 g/mol. The lowest BCUT2D eigenvalue weighted by Crippen LogP contribution is -2.30. The first-order valence-corrected chi connectivity index (χ1v) is 6.62. The normalized spacial score (nSPS) is 16.8. The Morgan fingerprint density at radius 2 is 1.95 bits per heavy atom. The number of carbonyl (C=O) groups excluding carboxylic acids is 3. The van der Waals surface area contributed by atoms with Gasteiger partial charge in [-0.05, 0) is 18.2 Å². The molecule has 1 aromatic carbocycles. The molecule has 0 spiro atoms. The SMILES string of the molecule is C=CCOc1ccc2c(c1)C(=O)C(OC(=O)C(C)C)C2=O. The molecule has 2 rings (SSSR count). The summed E-state index contributed by atoms with van der Waals surface area (Å²) in [5, 5.41) is 0. The molecular weight excluding hydrogens is 272 g/mol. The fourth-order valence-corrected chi connectivity index (χ4v) is 1.95. The van der Waals surface area contributed by atoms with E-state index in [4.69, 9.17) is 9.47 Å². The Bertz CT molecular complexity index is 615. The zero-order chi connectivity index (χ0) is 15.6. The van der Waals surface area contributed by atoms with Gasteiger partial charge in [-0.3, -0.25) is 14.4 Å². The minimum absolute atomic E-state index is 0.225. The molecular formula is C16H16O5. The van der Waals surface area contributed by atoms with Gasteiger partial charge in [0.1, 0.15) is 12.4 Å². The molecule has 5 nitrogen and oxygen atoms in total. The second-order valence-corrected chi connectivity index (χ2v) is 5.01. The molecule has 0 N–H and O–H groups in total. The zero-order valence-corrected chi connectivity index (χ0v) is 11.9. The van der Waals surface area contributed by atoms with Gasteiger partial charge in [-0.25, -0.2) is 0 Å². The van der Waals surface area contributed by atoms with Gasteiger partial charge in [0.25, 0.3) is 0 Å². The Hall–Kier alpha value is -2.43. The van der Waals surface area contributed by atoms with Crippen LogP contribution in [0.4, 0.5) is 0 Å². The van der Waals surface area contributed by atoms with Crippen molar-refractivity contribution < 1.29 is 23.9 Å². The highest BCUT2D eigenvalue weighted by Gasteiger charge is 2.41. The molecule has 1 aromatic rings. The van der Waals surface area contributed by atoms with Crippen molar-refractivity contribution in [1.29, 1.82) is 0 Å². The van der Waals surface area contributed by atoms with E-state index in [0.29, 0.717) is 12.4 Å².